The van der Waals surface area contributed by atoms with Gasteiger partial charge in [0, 0.05) is 11.8 Å². The lowest BCUT2D eigenvalue weighted by Gasteiger charge is -2.00. The summed E-state index contributed by atoms with van der Waals surface area (Å²) in [6.45, 7) is -0.0811. The number of rotatable bonds is 4. The van der Waals surface area contributed by atoms with Crippen molar-refractivity contribution in [2.24, 2.45) is 5.73 Å². The van der Waals surface area contributed by atoms with Gasteiger partial charge >= 0.3 is 0 Å². The molecule has 1 amide bonds. The average molecular weight is 265 g/mol. The van der Waals surface area contributed by atoms with Crippen LogP contribution < -0.4 is 11.1 Å². The van der Waals surface area contributed by atoms with Crippen LogP contribution in [0.5, 0.6) is 0 Å². The zero-order chi connectivity index (χ0) is 13.0. The van der Waals surface area contributed by atoms with Crippen LogP contribution in [0.1, 0.15) is 11.3 Å². The van der Waals surface area contributed by atoms with Crippen molar-refractivity contribution in [1.29, 1.82) is 0 Å². The van der Waals surface area contributed by atoms with E-state index in [0.717, 1.165) is 5.69 Å². The molecule has 0 fully saturated rings. The molecular weight excluding hydrogens is 253 g/mol. The molecular formula is C12H12FN3OS. The first-order valence-electron chi connectivity index (χ1n) is 5.37. The van der Waals surface area contributed by atoms with E-state index in [9.17, 15) is 9.18 Å². The standard InChI is InChI=1S/C12H12FN3OS/c13-10-4-2-1-3-8(10)5-9-7-18-12(15-9)16-11(17)6-14/h1-4,7H,5-6,14H2,(H,15,16,17). The van der Waals surface area contributed by atoms with Gasteiger partial charge in [0.25, 0.3) is 0 Å². The number of hydrogen-bond donors (Lipinski definition) is 2. The molecule has 2 aromatic rings. The minimum Gasteiger partial charge on any atom is -0.322 e. The highest BCUT2D eigenvalue weighted by Gasteiger charge is 2.07. The molecule has 0 radical (unpaired) electrons. The van der Waals surface area contributed by atoms with Crippen molar-refractivity contribution in [2.75, 3.05) is 11.9 Å². The Bertz CT molecular complexity index is 556. The number of hydrogen-bond acceptors (Lipinski definition) is 4. The minimum absolute atomic E-state index is 0.0811. The zero-order valence-electron chi connectivity index (χ0n) is 9.52. The number of carbonyl (C=O) groups excluding carboxylic acids is 1. The van der Waals surface area contributed by atoms with Gasteiger partial charge in [0.2, 0.25) is 5.91 Å². The Balaban J connectivity index is 2.07. The van der Waals surface area contributed by atoms with Crippen LogP contribution in [0.15, 0.2) is 29.6 Å². The van der Waals surface area contributed by atoms with Gasteiger partial charge in [-0.05, 0) is 11.6 Å². The maximum atomic E-state index is 13.4. The molecule has 0 unspecified atom stereocenters. The van der Waals surface area contributed by atoms with Gasteiger partial charge in [0.05, 0.1) is 12.2 Å². The van der Waals surface area contributed by atoms with Gasteiger partial charge in [0.1, 0.15) is 5.82 Å². The fourth-order valence-electron chi connectivity index (χ4n) is 1.45. The van der Waals surface area contributed by atoms with Gasteiger partial charge in [-0.15, -0.1) is 11.3 Å². The SMILES string of the molecule is NCC(=O)Nc1nc(Cc2ccccc2F)cs1. The summed E-state index contributed by atoms with van der Waals surface area (Å²) >= 11 is 1.30. The molecule has 0 bridgehead atoms. The Morgan fingerprint density at radius 1 is 1.44 bits per heavy atom. The third kappa shape index (κ3) is 3.12. The van der Waals surface area contributed by atoms with E-state index in [0.29, 0.717) is 17.1 Å². The number of amides is 1. The number of aromatic nitrogens is 1. The van der Waals surface area contributed by atoms with Crippen LogP contribution in [0.3, 0.4) is 0 Å². The fourth-order valence-corrected chi connectivity index (χ4v) is 2.18. The fraction of sp³-hybridized carbons (Fsp3) is 0.167. The van der Waals surface area contributed by atoms with Crippen molar-refractivity contribution in [2.45, 2.75) is 6.42 Å². The molecule has 0 atom stereocenters. The molecule has 0 aliphatic heterocycles. The molecule has 18 heavy (non-hydrogen) atoms. The zero-order valence-corrected chi connectivity index (χ0v) is 10.3. The predicted octanol–water partition coefficient (Wildman–Crippen LogP) is 1.77. The highest BCUT2D eigenvalue weighted by molar-refractivity contribution is 7.13. The maximum absolute atomic E-state index is 13.4. The molecule has 1 aromatic heterocycles. The summed E-state index contributed by atoms with van der Waals surface area (Å²) in [6.07, 6.45) is 0.404. The molecule has 0 aliphatic carbocycles. The number of nitrogens with zero attached hydrogens (tertiary/aromatic N) is 1. The van der Waals surface area contributed by atoms with Gasteiger partial charge < -0.3 is 11.1 Å². The van der Waals surface area contributed by atoms with E-state index in [2.05, 4.69) is 10.3 Å². The van der Waals surface area contributed by atoms with E-state index in [-0.39, 0.29) is 18.3 Å². The van der Waals surface area contributed by atoms with Crippen LogP contribution in [-0.4, -0.2) is 17.4 Å². The van der Waals surface area contributed by atoms with Gasteiger partial charge in [-0.1, -0.05) is 18.2 Å². The highest BCUT2D eigenvalue weighted by atomic mass is 32.1. The second-order valence-corrected chi connectivity index (χ2v) is 4.52. The number of carbonyl (C=O) groups is 1. The van der Waals surface area contributed by atoms with Crippen molar-refractivity contribution in [3.63, 3.8) is 0 Å². The first kappa shape index (κ1) is 12.7. The monoisotopic (exact) mass is 265 g/mol. The molecule has 0 saturated carbocycles. The lowest BCUT2D eigenvalue weighted by Crippen LogP contribution is -2.21. The molecule has 1 aromatic carbocycles. The van der Waals surface area contributed by atoms with Crippen LogP contribution >= 0.6 is 11.3 Å². The smallest absolute Gasteiger partial charge is 0.239 e. The Morgan fingerprint density at radius 2 is 2.22 bits per heavy atom. The summed E-state index contributed by atoms with van der Waals surface area (Å²) in [6, 6.07) is 6.56. The largest absolute Gasteiger partial charge is 0.322 e. The van der Waals surface area contributed by atoms with Crippen LogP contribution in [0.25, 0.3) is 0 Å². The Hall–Kier alpha value is -1.79. The summed E-state index contributed by atoms with van der Waals surface area (Å²) in [5.41, 5.74) is 6.49. The Labute approximate surface area is 108 Å². The number of thiazole rings is 1. The molecule has 0 spiro atoms. The molecule has 1 heterocycles. The molecule has 3 N–H and O–H groups in total. The van der Waals surface area contributed by atoms with E-state index in [4.69, 9.17) is 5.73 Å². The lowest BCUT2D eigenvalue weighted by atomic mass is 10.1. The van der Waals surface area contributed by atoms with Crippen molar-refractivity contribution in [3.8, 4) is 0 Å². The topological polar surface area (TPSA) is 68.0 Å². The Kier molecular flexibility index (Phi) is 4.01. The second kappa shape index (κ2) is 5.70. The summed E-state index contributed by atoms with van der Waals surface area (Å²) in [4.78, 5) is 15.3. The first-order valence-corrected chi connectivity index (χ1v) is 6.24. The van der Waals surface area contributed by atoms with E-state index < -0.39 is 0 Å². The quantitative estimate of drug-likeness (QED) is 0.885. The van der Waals surface area contributed by atoms with Crippen LogP contribution in [-0.2, 0) is 11.2 Å². The van der Waals surface area contributed by atoms with Gasteiger partial charge in [-0.3, -0.25) is 4.79 Å². The van der Waals surface area contributed by atoms with E-state index >= 15 is 0 Å². The second-order valence-electron chi connectivity index (χ2n) is 3.66. The molecule has 0 saturated heterocycles. The van der Waals surface area contributed by atoms with E-state index in [1.165, 1.54) is 17.4 Å². The number of nitrogens with two attached hydrogens (primary N) is 1. The van der Waals surface area contributed by atoms with Crippen molar-refractivity contribution < 1.29 is 9.18 Å². The van der Waals surface area contributed by atoms with Crippen LogP contribution in [0, 0.1) is 5.82 Å². The van der Waals surface area contributed by atoms with Gasteiger partial charge in [-0.25, -0.2) is 9.37 Å². The number of anilines is 1. The van der Waals surface area contributed by atoms with Crippen molar-refractivity contribution in [1.82, 2.24) is 4.98 Å². The predicted molar refractivity (Wildman–Crippen MR) is 69.0 cm³/mol. The first-order chi connectivity index (χ1) is 8.69. The Morgan fingerprint density at radius 3 is 2.94 bits per heavy atom. The van der Waals surface area contributed by atoms with Crippen molar-refractivity contribution in [3.05, 3.63) is 46.7 Å². The summed E-state index contributed by atoms with van der Waals surface area (Å²) in [5.74, 6) is -0.542. The summed E-state index contributed by atoms with van der Waals surface area (Å²) in [7, 11) is 0. The third-order valence-corrected chi connectivity index (χ3v) is 3.12. The molecule has 0 aliphatic rings. The van der Waals surface area contributed by atoms with E-state index in [1.807, 2.05) is 0 Å². The summed E-state index contributed by atoms with van der Waals surface area (Å²) in [5, 5.41) is 4.84. The molecule has 4 nitrogen and oxygen atoms in total. The van der Waals surface area contributed by atoms with Gasteiger partial charge in [-0.2, -0.15) is 0 Å². The maximum Gasteiger partial charge on any atom is 0.239 e. The molecule has 94 valence electrons. The molecule has 2 rings (SSSR count). The van der Waals surface area contributed by atoms with Crippen LogP contribution in [0.4, 0.5) is 9.52 Å². The number of benzene rings is 1. The minimum atomic E-state index is -0.290. The molecule has 6 heteroatoms. The number of nitrogens with one attached hydrogen (secondary N) is 1. The normalized spacial score (nSPS) is 10.3. The van der Waals surface area contributed by atoms with Gasteiger partial charge in [0.15, 0.2) is 5.13 Å². The summed E-state index contributed by atoms with van der Waals surface area (Å²) < 4.78 is 13.4. The number of halogens is 1. The van der Waals surface area contributed by atoms with Crippen LogP contribution in [0.2, 0.25) is 0 Å². The van der Waals surface area contributed by atoms with Crippen molar-refractivity contribution >= 4 is 22.4 Å². The highest BCUT2D eigenvalue weighted by Crippen LogP contribution is 2.19. The van der Waals surface area contributed by atoms with E-state index in [1.54, 1.807) is 23.6 Å². The average Bonchev–Trinajstić information content (AvgIpc) is 2.79. The third-order valence-electron chi connectivity index (χ3n) is 2.31. The lowest BCUT2D eigenvalue weighted by molar-refractivity contribution is -0.114.